The Labute approximate surface area is 156 Å². The second-order valence-corrected chi connectivity index (χ2v) is 7.62. The molecule has 0 radical (unpaired) electrons. The number of rotatable bonds is 4. The van der Waals surface area contributed by atoms with Gasteiger partial charge in [-0.25, -0.2) is 4.98 Å². The first-order chi connectivity index (χ1) is 12.9. The van der Waals surface area contributed by atoms with E-state index in [1.807, 2.05) is 0 Å². The molecule has 3 heterocycles. The van der Waals surface area contributed by atoms with Crippen LogP contribution in [0, 0.1) is 0 Å². The van der Waals surface area contributed by atoms with Crippen LogP contribution in [-0.4, -0.2) is 30.2 Å². The van der Waals surface area contributed by atoms with Crippen molar-refractivity contribution in [2.24, 2.45) is 0 Å². The van der Waals surface area contributed by atoms with Crippen molar-refractivity contribution in [2.45, 2.75) is 55.0 Å². The molecule has 3 aromatic rings. The van der Waals surface area contributed by atoms with Crippen molar-refractivity contribution in [1.29, 1.82) is 0 Å². The van der Waals surface area contributed by atoms with Gasteiger partial charge < -0.3 is 5.73 Å². The third-order valence-electron chi connectivity index (χ3n) is 4.69. The van der Waals surface area contributed by atoms with E-state index in [2.05, 4.69) is 25.5 Å². The van der Waals surface area contributed by atoms with Crippen LogP contribution in [0.1, 0.15) is 49.4 Å². The Hall–Kier alpha value is -2.30. The normalized spacial score (nSPS) is 16.3. The molecule has 1 aliphatic rings. The standard InChI is InChI=1S/C16H18F3N7S/c17-16(18,19)14-9(7-26(24-14)10-4-2-1-3-5-10)8-27-11-6-12(20)21-15-13(11)22-25-23-15/h6-7,10H,1-5,8H2,(H3,20,21,22,23,25). The summed E-state index contributed by atoms with van der Waals surface area (Å²) in [6, 6.07) is 1.63. The van der Waals surface area contributed by atoms with Crippen molar-refractivity contribution >= 4 is 28.7 Å². The smallest absolute Gasteiger partial charge is 0.384 e. The lowest BCUT2D eigenvalue weighted by atomic mass is 9.96. The lowest BCUT2D eigenvalue weighted by molar-refractivity contribution is -0.142. The molecule has 3 N–H and O–H groups in total. The molecule has 0 atom stereocenters. The minimum Gasteiger partial charge on any atom is -0.384 e. The van der Waals surface area contributed by atoms with Crippen LogP contribution in [0.25, 0.3) is 11.2 Å². The van der Waals surface area contributed by atoms with Gasteiger partial charge in [-0.1, -0.05) is 19.3 Å². The number of hydrogen-bond donors (Lipinski definition) is 2. The number of pyridine rings is 1. The van der Waals surface area contributed by atoms with Gasteiger partial charge in [0.1, 0.15) is 11.3 Å². The van der Waals surface area contributed by atoms with Gasteiger partial charge in [0.15, 0.2) is 5.69 Å². The SMILES string of the molecule is Nc1cc(SCc2cn(C3CCCCC3)nc2C(F)(F)F)c2n[nH]nc2n1. The highest BCUT2D eigenvalue weighted by molar-refractivity contribution is 7.98. The molecule has 0 spiro atoms. The molecule has 1 aliphatic carbocycles. The fourth-order valence-corrected chi connectivity index (χ4v) is 4.40. The van der Waals surface area contributed by atoms with Crippen molar-refractivity contribution in [1.82, 2.24) is 30.2 Å². The Morgan fingerprint density at radius 1 is 1.22 bits per heavy atom. The second kappa shape index (κ2) is 7.02. The van der Waals surface area contributed by atoms with E-state index in [9.17, 15) is 13.2 Å². The molecule has 1 fully saturated rings. The van der Waals surface area contributed by atoms with Gasteiger partial charge in [0.2, 0.25) is 5.65 Å². The number of anilines is 1. The Morgan fingerprint density at radius 2 is 2.00 bits per heavy atom. The van der Waals surface area contributed by atoms with Crippen LogP contribution in [0.2, 0.25) is 0 Å². The topological polar surface area (TPSA) is 98.3 Å². The Bertz CT molecular complexity index is 943. The molecule has 27 heavy (non-hydrogen) atoms. The molecule has 0 aromatic carbocycles. The summed E-state index contributed by atoms with van der Waals surface area (Å²) in [6.07, 6.45) is 1.96. The third kappa shape index (κ3) is 3.73. The number of nitrogens with one attached hydrogen (secondary N) is 1. The maximum atomic E-state index is 13.5. The maximum Gasteiger partial charge on any atom is 0.435 e. The average molecular weight is 397 g/mol. The largest absolute Gasteiger partial charge is 0.435 e. The Balaban J connectivity index is 1.62. The van der Waals surface area contributed by atoms with Crippen LogP contribution in [0.15, 0.2) is 17.2 Å². The number of nitrogen functional groups attached to an aromatic ring is 1. The van der Waals surface area contributed by atoms with E-state index in [1.165, 1.54) is 22.6 Å². The van der Waals surface area contributed by atoms with Gasteiger partial charge in [-0.05, 0) is 18.9 Å². The first-order valence-electron chi connectivity index (χ1n) is 8.67. The fourth-order valence-electron chi connectivity index (χ4n) is 3.40. The van der Waals surface area contributed by atoms with E-state index in [0.717, 1.165) is 32.1 Å². The molecule has 0 amide bonds. The van der Waals surface area contributed by atoms with Gasteiger partial charge in [0.25, 0.3) is 0 Å². The lowest BCUT2D eigenvalue weighted by Crippen LogP contribution is -2.15. The average Bonchev–Trinajstić information content (AvgIpc) is 3.27. The second-order valence-electron chi connectivity index (χ2n) is 6.60. The zero-order chi connectivity index (χ0) is 19.0. The number of alkyl halides is 3. The minimum atomic E-state index is -4.49. The summed E-state index contributed by atoms with van der Waals surface area (Å²) in [5.41, 5.74) is 5.92. The summed E-state index contributed by atoms with van der Waals surface area (Å²) in [4.78, 5) is 4.67. The first-order valence-corrected chi connectivity index (χ1v) is 9.65. The number of nitrogens with two attached hydrogens (primary N) is 1. The number of fused-ring (bicyclic) bond motifs is 1. The zero-order valence-corrected chi connectivity index (χ0v) is 15.1. The van der Waals surface area contributed by atoms with E-state index in [4.69, 9.17) is 5.73 Å². The van der Waals surface area contributed by atoms with Crippen LogP contribution in [0.3, 0.4) is 0 Å². The quantitative estimate of drug-likeness (QED) is 0.647. The van der Waals surface area contributed by atoms with Crippen LogP contribution < -0.4 is 5.73 Å². The van der Waals surface area contributed by atoms with Crippen molar-refractivity contribution in [3.05, 3.63) is 23.5 Å². The summed E-state index contributed by atoms with van der Waals surface area (Å²) in [7, 11) is 0. The number of H-pyrrole nitrogens is 1. The van der Waals surface area contributed by atoms with Gasteiger partial charge in [0.05, 0.1) is 6.04 Å². The molecule has 0 bridgehead atoms. The Morgan fingerprint density at radius 3 is 2.74 bits per heavy atom. The molecule has 1 saturated carbocycles. The highest BCUT2D eigenvalue weighted by Gasteiger charge is 2.37. The van der Waals surface area contributed by atoms with E-state index in [-0.39, 0.29) is 23.2 Å². The van der Waals surface area contributed by atoms with Gasteiger partial charge in [-0.2, -0.15) is 28.6 Å². The van der Waals surface area contributed by atoms with Crippen LogP contribution >= 0.6 is 11.8 Å². The molecule has 0 aliphatic heterocycles. The van der Waals surface area contributed by atoms with E-state index in [1.54, 1.807) is 6.07 Å². The van der Waals surface area contributed by atoms with E-state index < -0.39 is 11.9 Å². The van der Waals surface area contributed by atoms with E-state index >= 15 is 0 Å². The van der Waals surface area contributed by atoms with Crippen LogP contribution in [0.5, 0.6) is 0 Å². The summed E-state index contributed by atoms with van der Waals surface area (Å²) >= 11 is 1.22. The van der Waals surface area contributed by atoms with Gasteiger partial charge in [-0.15, -0.1) is 16.9 Å². The van der Waals surface area contributed by atoms with Gasteiger partial charge in [0, 0.05) is 22.4 Å². The van der Waals surface area contributed by atoms with Crippen molar-refractivity contribution in [2.75, 3.05) is 5.73 Å². The molecular weight excluding hydrogens is 379 g/mol. The van der Waals surface area contributed by atoms with Crippen molar-refractivity contribution in [3.8, 4) is 0 Å². The molecule has 11 heteroatoms. The van der Waals surface area contributed by atoms with Gasteiger partial charge >= 0.3 is 6.18 Å². The van der Waals surface area contributed by atoms with Crippen LogP contribution in [0.4, 0.5) is 19.0 Å². The lowest BCUT2D eigenvalue weighted by Gasteiger charge is -2.21. The highest BCUT2D eigenvalue weighted by Crippen LogP contribution is 2.37. The number of nitrogens with zero attached hydrogens (tertiary/aromatic N) is 5. The molecule has 4 rings (SSSR count). The predicted molar refractivity (Wildman–Crippen MR) is 95.0 cm³/mol. The number of aromatic amines is 1. The number of hydrogen-bond acceptors (Lipinski definition) is 6. The van der Waals surface area contributed by atoms with E-state index in [0.29, 0.717) is 16.1 Å². The zero-order valence-electron chi connectivity index (χ0n) is 14.3. The summed E-state index contributed by atoms with van der Waals surface area (Å²) in [6.45, 7) is 0. The third-order valence-corrected chi connectivity index (χ3v) is 5.76. The van der Waals surface area contributed by atoms with Crippen molar-refractivity contribution < 1.29 is 13.2 Å². The molecule has 7 nitrogen and oxygen atoms in total. The minimum absolute atomic E-state index is 0.0393. The highest BCUT2D eigenvalue weighted by atomic mass is 32.2. The molecular formula is C16H18F3N7S. The monoisotopic (exact) mass is 397 g/mol. The summed E-state index contributed by atoms with van der Waals surface area (Å²) in [5.74, 6) is 0.348. The van der Waals surface area contributed by atoms with Crippen LogP contribution in [-0.2, 0) is 11.9 Å². The summed E-state index contributed by atoms with van der Waals surface area (Å²) in [5, 5.41) is 14.2. The summed E-state index contributed by atoms with van der Waals surface area (Å²) < 4.78 is 41.9. The predicted octanol–water partition coefficient (Wildman–Crippen LogP) is 3.95. The van der Waals surface area contributed by atoms with Gasteiger partial charge in [-0.3, -0.25) is 4.68 Å². The molecule has 0 saturated heterocycles. The number of aromatic nitrogens is 6. The molecule has 0 unspecified atom stereocenters. The van der Waals surface area contributed by atoms with Crippen molar-refractivity contribution in [3.63, 3.8) is 0 Å². The molecule has 3 aromatic heterocycles. The Kier molecular flexibility index (Phi) is 4.70. The number of halogens is 3. The maximum absolute atomic E-state index is 13.5. The molecule has 144 valence electrons. The fraction of sp³-hybridized carbons (Fsp3) is 0.500. The first kappa shape index (κ1) is 18.1. The number of thioether (sulfide) groups is 1.